The number of sulfone groups is 1. The lowest BCUT2D eigenvalue weighted by molar-refractivity contribution is 0.582. The second kappa shape index (κ2) is 4.73. The molecule has 0 aliphatic carbocycles. The first-order chi connectivity index (χ1) is 7.21. The van der Waals surface area contributed by atoms with Crippen LogP contribution in [-0.4, -0.2) is 38.3 Å². The van der Waals surface area contributed by atoms with Crippen LogP contribution in [0.1, 0.15) is 0 Å². The van der Waals surface area contributed by atoms with Crippen LogP contribution >= 0.6 is 15.9 Å². The molecule has 0 unspecified atom stereocenters. The summed E-state index contributed by atoms with van der Waals surface area (Å²) < 4.78 is 44.8. The third-order valence-corrected chi connectivity index (χ3v) is 4.46. The number of hydrogen-bond acceptors (Lipinski definition) is 6. The summed E-state index contributed by atoms with van der Waals surface area (Å²) in [6, 6.07) is 0. The first-order valence-electron chi connectivity index (χ1n) is 3.91. The Labute approximate surface area is 101 Å². The van der Waals surface area contributed by atoms with Gasteiger partial charge in [-0.05, 0) is 15.9 Å². The predicted molar refractivity (Wildman–Crippen MR) is 59.8 cm³/mol. The van der Waals surface area contributed by atoms with Crippen molar-refractivity contribution in [1.29, 1.82) is 0 Å². The van der Waals surface area contributed by atoms with Gasteiger partial charge in [0.15, 0.2) is 0 Å². The summed E-state index contributed by atoms with van der Waals surface area (Å²) in [6.45, 7) is 0. The van der Waals surface area contributed by atoms with Crippen LogP contribution in [0.3, 0.4) is 0 Å². The van der Waals surface area contributed by atoms with Gasteiger partial charge in [-0.1, -0.05) is 0 Å². The molecule has 1 aromatic heterocycles. The average Bonchev–Trinajstić information content (AvgIpc) is 2.15. The highest BCUT2D eigenvalue weighted by Crippen LogP contribution is 2.09. The van der Waals surface area contributed by atoms with Gasteiger partial charge in [0.1, 0.15) is 0 Å². The van der Waals surface area contributed by atoms with E-state index in [1.807, 2.05) is 0 Å². The smallest absolute Gasteiger partial charge is 0.229 e. The monoisotopic (exact) mass is 329 g/mol. The van der Waals surface area contributed by atoms with Gasteiger partial charge < -0.3 is 0 Å². The standard InChI is InChI=1S/C6H8BrN3O4S2/c7-5-3-9-6(10-4-5)15(11,12)1-2-16(8,13)14/h3-4H,1-2H2,(H2,8,13,14). The van der Waals surface area contributed by atoms with Gasteiger partial charge in [-0.2, -0.15) is 0 Å². The van der Waals surface area contributed by atoms with E-state index in [1.165, 1.54) is 12.4 Å². The van der Waals surface area contributed by atoms with Crippen molar-refractivity contribution in [3.05, 3.63) is 16.9 Å². The first-order valence-corrected chi connectivity index (χ1v) is 8.07. The molecule has 0 fully saturated rings. The summed E-state index contributed by atoms with van der Waals surface area (Å²) in [7, 11) is -7.63. The Morgan fingerprint density at radius 2 is 1.62 bits per heavy atom. The van der Waals surface area contributed by atoms with Crippen LogP contribution in [0, 0.1) is 0 Å². The summed E-state index contributed by atoms with van der Waals surface area (Å²) in [5.41, 5.74) is 0. The number of nitrogens with zero attached hydrogens (tertiary/aromatic N) is 2. The zero-order chi connectivity index (χ0) is 12.4. The van der Waals surface area contributed by atoms with Crippen LogP contribution in [-0.2, 0) is 19.9 Å². The van der Waals surface area contributed by atoms with Gasteiger partial charge in [-0.25, -0.2) is 31.9 Å². The molecule has 2 N–H and O–H groups in total. The maximum Gasteiger partial charge on any atom is 0.247 e. The minimum Gasteiger partial charge on any atom is -0.229 e. The molecular weight excluding hydrogens is 322 g/mol. The molecule has 1 heterocycles. The first kappa shape index (κ1) is 13.5. The lowest BCUT2D eigenvalue weighted by atomic mass is 10.7. The van der Waals surface area contributed by atoms with E-state index in [-0.39, 0.29) is 0 Å². The van der Waals surface area contributed by atoms with Gasteiger partial charge in [-0.3, -0.25) is 0 Å². The molecule has 0 saturated heterocycles. The van der Waals surface area contributed by atoms with E-state index in [4.69, 9.17) is 5.14 Å². The molecule has 1 aromatic rings. The molecule has 0 aromatic carbocycles. The van der Waals surface area contributed by atoms with Crippen LogP contribution < -0.4 is 5.14 Å². The van der Waals surface area contributed by atoms with Crippen LogP contribution in [0.5, 0.6) is 0 Å². The van der Waals surface area contributed by atoms with E-state index < -0.39 is 36.5 Å². The van der Waals surface area contributed by atoms with E-state index in [1.54, 1.807) is 0 Å². The third-order valence-electron chi connectivity index (χ3n) is 1.51. The van der Waals surface area contributed by atoms with Crippen LogP contribution in [0.2, 0.25) is 0 Å². The molecule has 0 aliphatic rings. The van der Waals surface area contributed by atoms with Crippen molar-refractivity contribution >= 4 is 35.8 Å². The number of aromatic nitrogens is 2. The minimum atomic E-state index is -3.82. The van der Waals surface area contributed by atoms with E-state index in [0.717, 1.165) is 0 Å². The highest BCUT2D eigenvalue weighted by molar-refractivity contribution is 9.10. The van der Waals surface area contributed by atoms with Gasteiger partial charge in [0.2, 0.25) is 25.0 Å². The molecule has 0 spiro atoms. The maximum absolute atomic E-state index is 11.5. The second-order valence-electron chi connectivity index (χ2n) is 2.87. The van der Waals surface area contributed by atoms with Gasteiger partial charge in [-0.15, -0.1) is 0 Å². The molecule has 0 atom stereocenters. The summed E-state index contributed by atoms with van der Waals surface area (Å²) in [6.07, 6.45) is 2.52. The molecule has 90 valence electrons. The molecule has 0 radical (unpaired) electrons. The zero-order valence-electron chi connectivity index (χ0n) is 7.87. The quantitative estimate of drug-likeness (QED) is 0.729. The average molecular weight is 330 g/mol. The van der Waals surface area contributed by atoms with Crippen molar-refractivity contribution in [1.82, 2.24) is 9.97 Å². The summed E-state index contributed by atoms with van der Waals surface area (Å²) in [5, 5.41) is 4.29. The Kier molecular flexibility index (Phi) is 3.99. The van der Waals surface area contributed by atoms with Crippen LogP contribution in [0.25, 0.3) is 0 Å². The maximum atomic E-state index is 11.5. The molecule has 0 saturated carbocycles. The van der Waals surface area contributed by atoms with Crippen molar-refractivity contribution in [3.63, 3.8) is 0 Å². The number of primary sulfonamides is 1. The lowest BCUT2D eigenvalue weighted by Gasteiger charge is -2.01. The van der Waals surface area contributed by atoms with Gasteiger partial charge in [0.25, 0.3) is 0 Å². The Hall–Kier alpha value is -0.580. The van der Waals surface area contributed by atoms with Crippen molar-refractivity contribution in [2.45, 2.75) is 5.16 Å². The van der Waals surface area contributed by atoms with Crippen LogP contribution in [0.15, 0.2) is 22.0 Å². The Morgan fingerprint density at radius 3 is 2.06 bits per heavy atom. The molecule has 7 nitrogen and oxygen atoms in total. The van der Waals surface area contributed by atoms with Crippen molar-refractivity contribution < 1.29 is 16.8 Å². The fraction of sp³-hybridized carbons (Fsp3) is 0.333. The van der Waals surface area contributed by atoms with Crippen molar-refractivity contribution in [2.75, 3.05) is 11.5 Å². The summed E-state index contributed by atoms with van der Waals surface area (Å²) >= 11 is 3.05. The SMILES string of the molecule is NS(=O)(=O)CCS(=O)(=O)c1ncc(Br)cn1. The van der Waals surface area contributed by atoms with Gasteiger partial charge >= 0.3 is 0 Å². The van der Waals surface area contributed by atoms with E-state index in [9.17, 15) is 16.8 Å². The number of hydrogen-bond donors (Lipinski definition) is 1. The number of rotatable bonds is 4. The normalized spacial score (nSPS) is 12.6. The highest BCUT2D eigenvalue weighted by atomic mass is 79.9. The minimum absolute atomic E-state index is 0.417. The van der Waals surface area contributed by atoms with E-state index in [0.29, 0.717) is 4.47 Å². The van der Waals surface area contributed by atoms with E-state index in [2.05, 4.69) is 25.9 Å². The highest BCUT2D eigenvalue weighted by Gasteiger charge is 2.20. The molecular formula is C6H8BrN3O4S2. The number of nitrogens with two attached hydrogens (primary N) is 1. The molecule has 16 heavy (non-hydrogen) atoms. The largest absolute Gasteiger partial charge is 0.247 e. The Bertz CT molecular complexity index is 566. The predicted octanol–water partition coefficient (Wildman–Crippen LogP) is -0.699. The Balaban J connectivity index is 2.91. The van der Waals surface area contributed by atoms with Crippen molar-refractivity contribution in [2.24, 2.45) is 5.14 Å². The number of halogens is 1. The lowest BCUT2D eigenvalue weighted by Crippen LogP contribution is -2.24. The topological polar surface area (TPSA) is 120 Å². The third kappa shape index (κ3) is 4.12. The van der Waals surface area contributed by atoms with Crippen LogP contribution in [0.4, 0.5) is 0 Å². The summed E-state index contributed by atoms with van der Waals surface area (Å²) in [5.74, 6) is -1.29. The molecule has 0 amide bonds. The Morgan fingerprint density at radius 1 is 1.12 bits per heavy atom. The fourth-order valence-electron chi connectivity index (χ4n) is 0.778. The molecule has 10 heteroatoms. The van der Waals surface area contributed by atoms with Crippen molar-refractivity contribution in [3.8, 4) is 0 Å². The molecule has 1 rings (SSSR count). The van der Waals surface area contributed by atoms with Gasteiger partial charge in [0.05, 0.1) is 16.0 Å². The fourth-order valence-corrected chi connectivity index (χ4v) is 3.40. The zero-order valence-corrected chi connectivity index (χ0v) is 11.1. The number of sulfonamides is 1. The second-order valence-corrected chi connectivity index (χ2v) is 7.52. The molecule has 0 aliphatic heterocycles. The molecule has 0 bridgehead atoms. The van der Waals surface area contributed by atoms with Gasteiger partial charge in [0, 0.05) is 12.4 Å². The summed E-state index contributed by atoms with van der Waals surface area (Å²) in [4.78, 5) is 7.14. The van der Waals surface area contributed by atoms with E-state index >= 15 is 0 Å².